The van der Waals surface area contributed by atoms with Crippen molar-refractivity contribution in [3.63, 3.8) is 0 Å². The van der Waals surface area contributed by atoms with E-state index in [1.807, 2.05) is 0 Å². The summed E-state index contributed by atoms with van der Waals surface area (Å²) in [5, 5.41) is 2.88. The molecule has 3 N–H and O–H groups in total. The van der Waals surface area contributed by atoms with Gasteiger partial charge in [0.15, 0.2) is 0 Å². The molecule has 0 fully saturated rings. The van der Waals surface area contributed by atoms with Gasteiger partial charge in [0, 0.05) is 12.8 Å². The molecule has 0 saturated carbocycles. The fourth-order valence-electron chi connectivity index (χ4n) is 1.09. The maximum absolute atomic E-state index is 11.7. The van der Waals surface area contributed by atoms with Gasteiger partial charge in [0.05, 0.1) is 0 Å². The van der Waals surface area contributed by atoms with Crippen molar-refractivity contribution in [1.29, 1.82) is 0 Å². The molecular weight excluding hydrogens is 209 g/mol. The number of primary amides is 1. The van der Waals surface area contributed by atoms with Gasteiger partial charge >= 0.3 is 6.18 Å². The Morgan fingerprint density at radius 2 is 1.73 bits per heavy atom. The second kappa shape index (κ2) is 7.50. The SMILES string of the molecule is NC(=O)CCCCNCCCC(F)(F)F. The van der Waals surface area contributed by atoms with Gasteiger partial charge in [-0.3, -0.25) is 4.79 Å². The van der Waals surface area contributed by atoms with Crippen LogP contribution in [-0.4, -0.2) is 25.2 Å². The molecule has 6 heteroatoms. The van der Waals surface area contributed by atoms with Gasteiger partial charge < -0.3 is 11.1 Å². The number of nitrogens with two attached hydrogens (primary N) is 1. The summed E-state index contributed by atoms with van der Waals surface area (Å²) in [5.74, 6) is -0.341. The Hall–Kier alpha value is -0.780. The molecule has 0 aliphatic rings. The lowest BCUT2D eigenvalue weighted by molar-refractivity contribution is -0.135. The van der Waals surface area contributed by atoms with Crippen LogP contribution in [0.25, 0.3) is 0 Å². The molecule has 0 aromatic carbocycles. The Kier molecular flexibility index (Phi) is 7.11. The minimum absolute atomic E-state index is 0.0965. The second-order valence-electron chi connectivity index (χ2n) is 3.39. The number of hydrogen-bond acceptors (Lipinski definition) is 2. The summed E-state index contributed by atoms with van der Waals surface area (Å²) < 4.78 is 35.1. The van der Waals surface area contributed by atoms with Crippen LogP contribution in [0.3, 0.4) is 0 Å². The highest BCUT2D eigenvalue weighted by Crippen LogP contribution is 2.20. The first-order valence-corrected chi connectivity index (χ1v) is 4.97. The predicted molar refractivity (Wildman–Crippen MR) is 51.2 cm³/mol. The number of halogens is 3. The Morgan fingerprint density at radius 3 is 2.27 bits per heavy atom. The van der Waals surface area contributed by atoms with E-state index in [4.69, 9.17) is 5.73 Å². The van der Waals surface area contributed by atoms with Crippen molar-refractivity contribution in [3.8, 4) is 0 Å². The van der Waals surface area contributed by atoms with Crippen LogP contribution >= 0.6 is 0 Å². The highest BCUT2D eigenvalue weighted by atomic mass is 19.4. The minimum atomic E-state index is -4.06. The maximum atomic E-state index is 11.7. The first kappa shape index (κ1) is 14.2. The van der Waals surface area contributed by atoms with Crippen LogP contribution in [0.15, 0.2) is 0 Å². The van der Waals surface area contributed by atoms with Gasteiger partial charge in [0.1, 0.15) is 0 Å². The van der Waals surface area contributed by atoms with E-state index in [-0.39, 0.29) is 12.3 Å². The van der Waals surface area contributed by atoms with Crippen molar-refractivity contribution in [2.45, 2.75) is 38.3 Å². The van der Waals surface area contributed by atoms with Crippen LogP contribution < -0.4 is 11.1 Å². The third-order valence-corrected chi connectivity index (χ3v) is 1.84. The molecule has 90 valence electrons. The largest absolute Gasteiger partial charge is 0.389 e. The zero-order valence-corrected chi connectivity index (χ0v) is 8.57. The van der Waals surface area contributed by atoms with Gasteiger partial charge in [0.25, 0.3) is 0 Å². The van der Waals surface area contributed by atoms with E-state index in [0.29, 0.717) is 25.9 Å². The lowest BCUT2D eigenvalue weighted by Gasteiger charge is -2.06. The van der Waals surface area contributed by atoms with Gasteiger partial charge in [-0.05, 0) is 32.4 Å². The lowest BCUT2D eigenvalue weighted by Crippen LogP contribution is -2.19. The number of amides is 1. The molecule has 0 aromatic heterocycles. The van der Waals surface area contributed by atoms with Gasteiger partial charge in [-0.25, -0.2) is 0 Å². The summed E-state index contributed by atoms with van der Waals surface area (Å²) in [5.41, 5.74) is 4.92. The molecule has 0 saturated heterocycles. The van der Waals surface area contributed by atoms with Gasteiger partial charge in [-0.1, -0.05) is 0 Å². The quantitative estimate of drug-likeness (QED) is 0.617. The van der Waals surface area contributed by atoms with Crippen LogP contribution in [0.2, 0.25) is 0 Å². The maximum Gasteiger partial charge on any atom is 0.389 e. The summed E-state index contributed by atoms with van der Waals surface area (Å²) in [6.45, 7) is 0.987. The standard InChI is InChI=1S/C9H17F3N2O/c10-9(11,12)5-3-7-14-6-2-1-4-8(13)15/h14H,1-7H2,(H2,13,15). The van der Waals surface area contributed by atoms with Crippen LogP contribution in [-0.2, 0) is 4.79 Å². The van der Waals surface area contributed by atoms with E-state index in [0.717, 1.165) is 6.42 Å². The fourth-order valence-corrected chi connectivity index (χ4v) is 1.09. The number of alkyl halides is 3. The number of nitrogens with one attached hydrogen (secondary N) is 1. The number of carbonyl (C=O) groups is 1. The van der Waals surface area contributed by atoms with E-state index in [1.165, 1.54) is 0 Å². The number of hydrogen-bond donors (Lipinski definition) is 2. The smallest absolute Gasteiger partial charge is 0.370 e. The molecule has 0 unspecified atom stereocenters. The molecule has 3 nitrogen and oxygen atoms in total. The van der Waals surface area contributed by atoms with E-state index < -0.39 is 12.6 Å². The predicted octanol–water partition coefficient (Wildman–Crippen LogP) is 1.57. The summed E-state index contributed by atoms with van der Waals surface area (Å²) in [6, 6.07) is 0. The molecule has 0 atom stereocenters. The molecule has 0 spiro atoms. The highest BCUT2D eigenvalue weighted by Gasteiger charge is 2.25. The molecule has 0 radical (unpaired) electrons. The van der Waals surface area contributed by atoms with Crippen molar-refractivity contribution < 1.29 is 18.0 Å². The summed E-state index contributed by atoms with van der Waals surface area (Å²) >= 11 is 0. The molecule has 0 heterocycles. The van der Waals surface area contributed by atoms with Gasteiger partial charge in [-0.2, -0.15) is 13.2 Å². The number of carbonyl (C=O) groups excluding carboxylic acids is 1. The minimum Gasteiger partial charge on any atom is -0.370 e. The average molecular weight is 226 g/mol. The summed E-state index contributed by atoms with van der Waals surface area (Å²) in [4.78, 5) is 10.3. The van der Waals surface area contributed by atoms with E-state index in [2.05, 4.69) is 5.32 Å². The zero-order valence-electron chi connectivity index (χ0n) is 8.57. The second-order valence-corrected chi connectivity index (χ2v) is 3.39. The molecule has 0 rings (SSSR count). The molecule has 0 aliphatic carbocycles. The zero-order chi connectivity index (χ0) is 11.7. The van der Waals surface area contributed by atoms with Crippen molar-refractivity contribution in [1.82, 2.24) is 5.32 Å². The van der Waals surface area contributed by atoms with Crippen molar-refractivity contribution in [2.75, 3.05) is 13.1 Å². The lowest BCUT2D eigenvalue weighted by atomic mass is 10.2. The van der Waals surface area contributed by atoms with E-state index in [1.54, 1.807) is 0 Å². The normalized spacial score (nSPS) is 11.7. The first-order valence-electron chi connectivity index (χ1n) is 4.97. The first-order chi connectivity index (χ1) is 6.92. The van der Waals surface area contributed by atoms with E-state index in [9.17, 15) is 18.0 Å². The molecule has 1 amide bonds. The highest BCUT2D eigenvalue weighted by molar-refractivity contribution is 5.73. The third kappa shape index (κ3) is 13.2. The molecule has 0 aliphatic heterocycles. The van der Waals surface area contributed by atoms with E-state index >= 15 is 0 Å². The Balaban J connectivity index is 3.09. The topological polar surface area (TPSA) is 55.1 Å². The van der Waals surface area contributed by atoms with Crippen molar-refractivity contribution in [2.24, 2.45) is 5.73 Å². The van der Waals surface area contributed by atoms with Crippen molar-refractivity contribution in [3.05, 3.63) is 0 Å². The monoisotopic (exact) mass is 226 g/mol. The number of unbranched alkanes of at least 4 members (excludes halogenated alkanes) is 1. The van der Waals surface area contributed by atoms with Crippen molar-refractivity contribution >= 4 is 5.91 Å². The molecular formula is C9H17F3N2O. The van der Waals surface area contributed by atoms with Crippen LogP contribution in [0.4, 0.5) is 13.2 Å². The summed E-state index contributed by atoms with van der Waals surface area (Å²) in [7, 11) is 0. The van der Waals surface area contributed by atoms with Crippen LogP contribution in [0.5, 0.6) is 0 Å². The summed E-state index contributed by atoms with van der Waals surface area (Å²) in [6.07, 6.45) is -2.94. The van der Waals surface area contributed by atoms with Gasteiger partial charge in [0.2, 0.25) is 5.91 Å². The Morgan fingerprint density at radius 1 is 1.13 bits per heavy atom. The third-order valence-electron chi connectivity index (χ3n) is 1.84. The Labute approximate surface area is 87.2 Å². The number of rotatable bonds is 8. The molecule has 0 aromatic rings. The molecule has 15 heavy (non-hydrogen) atoms. The van der Waals surface area contributed by atoms with Gasteiger partial charge in [-0.15, -0.1) is 0 Å². The molecule has 0 bridgehead atoms. The Bertz CT molecular complexity index is 183. The average Bonchev–Trinajstić information content (AvgIpc) is 2.07. The fraction of sp³-hybridized carbons (Fsp3) is 0.889. The van der Waals surface area contributed by atoms with Crippen LogP contribution in [0.1, 0.15) is 32.1 Å². The van der Waals surface area contributed by atoms with Crippen LogP contribution in [0, 0.1) is 0 Å².